The largest absolute Gasteiger partial charge is 0.478 e. The van der Waals surface area contributed by atoms with E-state index in [4.69, 9.17) is 5.11 Å². The quantitative estimate of drug-likeness (QED) is 0.908. The number of nitrogens with one attached hydrogen (secondary N) is 1. The van der Waals surface area contributed by atoms with Crippen LogP contribution in [0.4, 0.5) is 18.3 Å². The van der Waals surface area contributed by atoms with Gasteiger partial charge in [-0.05, 0) is 17.7 Å². The Morgan fingerprint density at radius 1 is 1.30 bits per heavy atom. The molecule has 2 aromatic rings. The number of hydrogen-bond acceptors (Lipinski definition) is 5. The Morgan fingerprint density at radius 3 is 2.45 bits per heavy atom. The van der Waals surface area contributed by atoms with E-state index in [9.17, 15) is 18.0 Å². The van der Waals surface area contributed by atoms with Crippen LogP contribution >= 0.6 is 11.5 Å². The zero-order chi connectivity index (χ0) is 14.8. The van der Waals surface area contributed by atoms with E-state index in [-0.39, 0.29) is 17.2 Å². The zero-order valence-corrected chi connectivity index (χ0v) is 10.6. The van der Waals surface area contributed by atoms with Gasteiger partial charge in [-0.2, -0.15) is 22.5 Å². The maximum absolute atomic E-state index is 12.3. The van der Waals surface area contributed by atoms with Gasteiger partial charge in [0.25, 0.3) is 0 Å². The maximum Gasteiger partial charge on any atom is 0.452 e. The average molecular weight is 303 g/mol. The van der Waals surface area contributed by atoms with Crippen LogP contribution in [0.25, 0.3) is 0 Å². The summed E-state index contributed by atoms with van der Waals surface area (Å²) >= 11 is 0.617. The molecule has 0 unspecified atom stereocenters. The highest BCUT2D eigenvalue weighted by molar-refractivity contribution is 7.09. The van der Waals surface area contributed by atoms with Crippen molar-refractivity contribution in [1.82, 2.24) is 9.36 Å². The molecule has 0 spiro atoms. The first-order valence-corrected chi connectivity index (χ1v) is 6.10. The van der Waals surface area contributed by atoms with Crippen LogP contribution in [0.1, 0.15) is 21.7 Å². The van der Waals surface area contributed by atoms with Crippen LogP contribution in [0.2, 0.25) is 0 Å². The molecule has 0 saturated carbocycles. The van der Waals surface area contributed by atoms with Gasteiger partial charge in [-0.1, -0.05) is 12.1 Å². The molecule has 0 saturated heterocycles. The Kier molecular flexibility index (Phi) is 3.89. The molecule has 2 N–H and O–H groups in total. The van der Waals surface area contributed by atoms with E-state index < -0.39 is 18.0 Å². The number of nitrogens with zero attached hydrogens (tertiary/aromatic N) is 2. The summed E-state index contributed by atoms with van der Waals surface area (Å²) in [5.74, 6) is -2.21. The monoisotopic (exact) mass is 303 g/mol. The topological polar surface area (TPSA) is 75.1 Å². The lowest BCUT2D eigenvalue weighted by Gasteiger charge is -2.03. The molecule has 9 heteroatoms. The van der Waals surface area contributed by atoms with Gasteiger partial charge >= 0.3 is 12.1 Å². The molecule has 0 aliphatic carbocycles. The molecule has 0 fully saturated rings. The summed E-state index contributed by atoms with van der Waals surface area (Å²) in [6.45, 7) is 0.229. The second-order valence-electron chi connectivity index (χ2n) is 3.78. The summed E-state index contributed by atoms with van der Waals surface area (Å²) < 4.78 is 40.1. The van der Waals surface area contributed by atoms with E-state index in [1.165, 1.54) is 12.1 Å². The Morgan fingerprint density at radius 2 is 1.95 bits per heavy atom. The van der Waals surface area contributed by atoms with Crippen LogP contribution < -0.4 is 5.32 Å². The van der Waals surface area contributed by atoms with E-state index in [2.05, 4.69) is 14.7 Å². The standard InChI is InChI=1S/C11H8F3N3O2S/c12-11(13,14)9-16-10(20-17-9)15-5-6-1-3-7(4-2-6)8(18)19/h1-4H,5H2,(H,18,19)(H,15,16,17). The van der Waals surface area contributed by atoms with Crippen LogP contribution in [-0.2, 0) is 12.7 Å². The van der Waals surface area contributed by atoms with Crippen molar-refractivity contribution >= 4 is 22.6 Å². The second kappa shape index (κ2) is 5.45. The van der Waals surface area contributed by atoms with Gasteiger partial charge in [0.2, 0.25) is 11.0 Å². The van der Waals surface area contributed by atoms with Crippen molar-refractivity contribution in [2.24, 2.45) is 0 Å². The van der Waals surface area contributed by atoms with Crippen molar-refractivity contribution < 1.29 is 23.1 Å². The Labute approximate surface area is 115 Å². The lowest BCUT2D eigenvalue weighted by atomic mass is 10.1. The number of alkyl halides is 3. The minimum absolute atomic E-state index is 0.0552. The Bertz CT molecular complexity index is 610. The highest BCUT2D eigenvalue weighted by atomic mass is 32.1. The van der Waals surface area contributed by atoms with Gasteiger partial charge in [-0.3, -0.25) is 0 Å². The number of aromatic carboxylic acids is 1. The molecule has 2 rings (SSSR count). The molecule has 20 heavy (non-hydrogen) atoms. The van der Waals surface area contributed by atoms with Crippen molar-refractivity contribution in [3.8, 4) is 0 Å². The molecule has 1 aromatic heterocycles. The van der Waals surface area contributed by atoms with E-state index >= 15 is 0 Å². The summed E-state index contributed by atoms with van der Waals surface area (Å²) in [6.07, 6.45) is -4.56. The van der Waals surface area contributed by atoms with Crippen molar-refractivity contribution in [2.45, 2.75) is 12.7 Å². The highest BCUT2D eigenvalue weighted by Gasteiger charge is 2.36. The highest BCUT2D eigenvalue weighted by Crippen LogP contribution is 2.29. The van der Waals surface area contributed by atoms with E-state index in [1.807, 2.05) is 0 Å². The minimum Gasteiger partial charge on any atom is -0.478 e. The first kappa shape index (κ1) is 14.3. The normalized spacial score (nSPS) is 11.3. The van der Waals surface area contributed by atoms with Gasteiger partial charge in [-0.25, -0.2) is 4.79 Å². The Balaban J connectivity index is 1.98. The molecule has 0 aliphatic rings. The summed E-state index contributed by atoms with van der Waals surface area (Å²) in [4.78, 5) is 14.0. The van der Waals surface area contributed by atoms with Crippen molar-refractivity contribution in [3.63, 3.8) is 0 Å². The SMILES string of the molecule is O=C(O)c1ccc(CNc2nc(C(F)(F)F)ns2)cc1. The van der Waals surface area contributed by atoms with E-state index in [0.717, 1.165) is 5.56 Å². The lowest BCUT2D eigenvalue weighted by Crippen LogP contribution is -2.07. The average Bonchev–Trinajstić information content (AvgIpc) is 2.85. The first-order chi connectivity index (χ1) is 9.36. The van der Waals surface area contributed by atoms with Crippen LogP contribution in [0.5, 0.6) is 0 Å². The molecule has 0 bridgehead atoms. The van der Waals surface area contributed by atoms with Crippen LogP contribution in [-0.4, -0.2) is 20.4 Å². The van der Waals surface area contributed by atoms with Gasteiger partial charge in [0.15, 0.2) is 0 Å². The van der Waals surface area contributed by atoms with Crippen LogP contribution in [0.3, 0.4) is 0 Å². The van der Waals surface area contributed by atoms with Crippen LogP contribution in [0.15, 0.2) is 24.3 Å². The number of carboxylic acid groups (broad SMARTS) is 1. The molecule has 0 radical (unpaired) electrons. The van der Waals surface area contributed by atoms with E-state index in [0.29, 0.717) is 11.5 Å². The number of halogens is 3. The third-order valence-electron chi connectivity index (χ3n) is 2.32. The molecular weight excluding hydrogens is 295 g/mol. The molecule has 5 nitrogen and oxygen atoms in total. The fraction of sp³-hybridized carbons (Fsp3) is 0.182. The number of benzene rings is 1. The number of anilines is 1. The van der Waals surface area contributed by atoms with Gasteiger partial charge in [0.05, 0.1) is 5.56 Å². The van der Waals surface area contributed by atoms with Crippen LogP contribution in [0, 0.1) is 0 Å². The summed E-state index contributed by atoms with van der Waals surface area (Å²) in [5, 5.41) is 11.5. The van der Waals surface area contributed by atoms with Gasteiger partial charge in [0, 0.05) is 18.1 Å². The van der Waals surface area contributed by atoms with Crippen molar-refractivity contribution in [2.75, 3.05) is 5.32 Å². The fourth-order valence-corrected chi connectivity index (χ4v) is 1.93. The molecule has 0 atom stereocenters. The zero-order valence-electron chi connectivity index (χ0n) is 9.81. The number of carbonyl (C=O) groups is 1. The predicted octanol–water partition coefficient (Wildman–Crippen LogP) is 2.87. The summed E-state index contributed by atoms with van der Waals surface area (Å²) in [6, 6.07) is 5.98. The minimum atomic E-state index is -4.56. The molecule has 0 amide bonds. The second-order valence-corrected chi connectivity index (χ2v) is 4.53. The molecule has 1 aromatic carbocycles. The van der Waals surface area contributed by atoms with Crippen molar-refractivity contribution in [1.29, 1.82) is 0 Å². The number of hydrogen-bond donors (Lipinski definition) is 2. The summed E-state index contributed by atoms with van der Waals surface area (Å²) in [7, 11) is 0. The molecule has 1 heterocycles. The number of rotatable bonds is 4. The summed E-state index contributed by atoms with van der Waals surface area (Å²) in [5.41, 5.74) is 0.864. The van der Waals surface area contributed by atoms with E-state index in [1.54, 1.807) is 12.1 Å². The number of aromatic nitrogens is 2. The fourth-order valence-electron chi connectivity index (χ4n) is 1.35. The van der Waals surface area contributed by atoms with Gasteiger partial charge in [-0.15, -0.1) is 0 Å². The molecule has 0 aliphatic heterocycles. The Hall–Kier alpha value is -2.16. The number of carboxylic acids is 1. The molecular formula is C11H8F3N3O2S. The third kappa shape index (κ3) is 3.44. The third-order valence-corrected chi connectivity index (χ3v) is 3.00. The first-order valence-electron chi connectivity index (χ1n) is 5.33. The predicted molar refractivity (Wildman–Crippen MR) is 65.6 cm³/mol. The lowest BCUT2D eigenvalue weighted by molar-refractivity contribution is -0.144. The smallest absolute Gasteiger partial charge is 0.452 e. The molecule has 106 valence electrons. The van der Waals surface area contributed by atoms with Gasteiger partial charge in [0.1, 0.15) is 0 Å². The van der Waals surface area contributed by atoms with Gasteiger partial charge < -0.3 is 10.4 Å². The van der Waals surface area contributed by atoms with Crippen molar-refractivity contribution in [3.05, 3.63) is 41.2 Å². The maximum atomic E-state index is 12.3.